The first-order valence-electron chi connectivity index (χ1n) is 14.4. The average Bonchev–Trinajstić information content (AvgIpc) is 3.27. The minimum atomic E-state index is -0.708. The lowest BCUT2D eigenvalue weighted by Crippen LogP contribution is -2.29. The van der Waals surface area contributed by atoms with Crippen LogP contribution in [0.2, 0.25) is 0 Å². The molecule has 0 saturated heterocycles. The van der Waals surface area contributed by atoms with Gasteiger partial charge in [-0.3, -0.25) is 0 Å². The standard InChI is InChI=1S/C30H37N7O4/c1-4-6-15-31-29-32-17-24-26(36-37(27(24)35-29)21-11-13-22(38)14-12-21)19-9-7-18(8-10-19)25-23(28(39)41-3)16-20(5-2)33-30(40)34-25/h7-10,16-17,21-22,25,38H,4-6,11-15H2,1-3H3,(H,34,40)(H,31,32,35). The van der Waals surface area contributed by atoms with E-state index in [4.69, 9.17) is 14.8 Å². The summed E-state index contributed by atoms with van der Waals surface area (Å²) in [6.07, 6.45) is 8.89. The van der Waals surface area contributed by atoms with Crippen LogP contribution >= 0.6 is 0 Å². The molecule has 0 spiro atoms. The van der Waals surface area contributed by atoms with Gasteiger partial charge in [0.1, 0.15) is 5.69 Å². The van der Waals surface area contributed by atoms with Crippen LogP contribution in [0.15, 0.2) is 47.1 Å². The minimum Gasteiger partial charge on any atom is -0.466 e. The molecule has 11 nitrogen and oxygen atoms in total. The second kappa shape index (κ2) is 12.6. The first-order chi connectivity index (χ1) is 19.9. The second-order valence-electron chi connectivity index (χ2n) is 10.5. The van der Waals surface area contributed by atoms with Gasteiger partial charge in [-0.2, -0.15) is 15.1 Å². The molecule has 1 unspecified atom stereocenters. The summed E-state index contributed by atoms with van der Waals surface area (Å²) in [4.78, 5) is 38.6. The van der Waals surface area contributed by atoms with E-state index in [-0.39, 0.29) is 12.1 Å². The van der Waals surface area contributed by atoms with Gasteiger partial charge in [-0.15, -0.1) is 0 Å². The second-order valence-corrected chi connectivity index (χ2v) is 10.5. The number of benzene rings is 1. The predicted octanol–water partition coefficient (Wildman–Crippen LogP) is 4.90. The number of aromatic nitrogens is 4. The van der Waals surface area contributed by atoms with Crippen molar-refractivity contribution in [3.63, 3.8) is 0 Å². The van der Waals surface area contributed by atoms with Crippen molar-refractivity contribution in [1.82, 2.24) is 25.1 Å². The number of rotatable bonds is 9. The van der Waals surface area contributed by atoms with Crippen LogP contribution in [0.3, 0.4) is 0 Å². The number of fused-ring (bicyclic) bond motifs is 1. The Morgan fingerprint density at radius 1 is 1.17 bits per heavy atom. The van der Waals surface area contributed by atoms with Crippen LogP contribution in [0.4, 0.5) is 10.7 Å². The monoisotopic (exact) mass is 559 g/mol. The summed E-state index contributed by atoms with van der Waals surface area (Å²) in [6, 6.07) is 6.51. The maximum Gasteiger partial charge on any atom is 0.341 e. The van der Waals surface area contributed by atoms with E-state index in [2.05, 4.69) is 27.5 Å². The van der Waals surface area contributed by atoms with E-state index in [0.717, 1.165) is 72.9 Å². The lowest BCUT2D eigenvalue weighted by molar-refractivity contribution is -0.136. The Bertz CT molecular complexity index is 1470. The molecule has 2 aliphatic rings. The third-order valence-electron chi connectivity index (χ3n) is 7.72. The number of anilines is 1. The number of aliphatic imine (C=N–C) groups is 1. The van der Waals surface area contributed by atoms with Gasteiger partial charge in [0.2, 0.25) is 5.95 Å². The number of amides is 2. The third-order valence-corrected chi connectivity index (χ3v) is 7.72. The molecule has 5 rings (SSSR count). The van der Waals surface area contributed by atoms with Crippen LogP contribution in [-0.4, -0.2) is 62.3 Å². The van der Waals surface area contributed by atoms with E-state index < -0.39 is 18.0 Å². The first kappa shape index (κ1) is 28.4. The lowest BCUT2D eigenvalue weighted by Gasteiger charge is -2.25. The Kier molecular flexibility index (Phi) is 8.72. The molecule has 1 atom stereocenters. The number of aliphatic hydroxyl groups excluding tert-OH is 1. The number of allylic oxidation sites excluding steroid dienone is 1. The Labute approximate surface area is 239 Å². The first-order valence-corrected chi connectivity index (χ1v) is 14.4. The van der Waals surface area contributed by atoms with Crippen molar-refractivity contribution in [2.24, 2.45) is 4.99 Å². The van der Waals surface area contributed by atoms with Crippen LogP contribution < -0.4 is 10.6 Å². The number of esters is 1. The molecule has 11 heteroatoms. The smallest absolute Gasteiger partial charge is 0.341 e. The number of carbonyl (C=O) groups is 2. The maximum absolute atomic E-state index is 12.6. The molecule has 3 aromatic rings. The normalized spacial score (nSPS) is 21.1. The van der Waals surface area contributed by atoms with Crippen molar-refractivity contribution >= 4 is 34.7 Å². The molecule has 3 heterocycles. The van der Waals surface area contributed by atoms with Crippen molar-refractivity contribution < 1.29 is 19.4 Å². The van der Waals surface area contributed by atoms with Gasteiger partial charge in [-0.05, 0) is 50.2 Å². The van der Waals surface area contributed by atoms with E-state index in [9.17, 15) is 14.7 Å². The number of carbonyl (C=O) groups excluding carboxylic acids is 2. The zero-order valence-electron chi connectivity index (χ0n) is 23.8. The topological polar surface area (TPSA) is 144 Å². The molecule has 1 aliphatic carbocycles. The van der Waals surface area contributed by atoms with Crippen molar-refractivity contribution in [2.75, 3.05) is 19.0 Å². The van der Waals surface area contributed by atoms with Gasteiger partial charge in [0, 0.05) is 24.0 Å². The van der Waals surface area contributed by atoms with E-state index >= 15 is 0 Å². The quantitative estimate of drug-likeness (QED) is 0.248. The molecule has 1 aromatic carbocycles. The van der Waals surface area contributed by atoms with Crippen molar-refractivity contribution in [1.29, 1.82) is 0 Å². The van der Waals surface area contributed by atoms with Gasteiger partial charge in [0.25, 0.3) is 0 Å². The van der Waals surface area contributed by atoms with Crippen LogP contribution in [0, 0.1) is 0 Å². The molecule has 1 saturated carbocycles. The summed E-state index contributed by atoms with van der Waals surface area (Å²) < 4.78 is 7.00. The summed E-state index contributed by atoms with van der Waals surface area (Å²) in [5.41, 5.74) is 3.92. The highest BCUT2D eigenvalue weighted by Crippen LogP contribution is 2.35. The number of nitrogens with one attached hydrogen (secondary N) is 2. The average molecular weight is 560 g/mol. The number of aliphatic hydroxyl groups is 1. The Hall–Kier alpha value is -4.12. The molecule has 2 amide bonds. The summed E-state index contributed by atoms with van der Waals surface area (Å²) >= 11 is 0. The summed E-state index contributed by atoms with van der Waals surface area (Å²) in [6.45, 7) is 4.81. The Morgan fingerprint density at radius 2 is 1.93 bits per heavy atom. The number of ether oxygens (including phenoxy) is 1. The summed E-state index contributed by atoms with van der Waals surface area (Å²) in [5, 5.41) is 22.1. The fourth-order valence-electron chi connectivity index (χ4n) is 5.39. The molecule has 0 radical (unpaired) electrons. The predicted molar refractivity (Wildman–Crippen MR) is 157 cm³/mol. The number of nitrogens with zero attached hydrogens (tertiary/aromatic N) is 5. The SMILES string of the molecule is CCCCNc1ncc2c(-c3ccc(C4NC(=O)N=C(CC)C=C4C(=O)OC)cc3)nn(C3CCC(O)CC3)c2n1. The molecule has 1 fully saturated rings. The molecular weight excluding hydrogens is 522 g/mol. The number of hydrogen-bond acceptors (Lipinski definition) is 8. The number of hydrogen-bond donors (Lipinski definition) is 3. The summed E-state index contributed by atoms with van der Waals surface area (Å²) in [5.74, 6) is 0.0509. The number of urea groups is 1. The third kappa shape index (κ3) is 6.14. The molecule has 41 heavy (non-hydrogen) atoms. The van der Waals surface area contributed by atoms with E-state index in [1.807, 2.05) is 42.1 Å². The Morgan fingerprint density at radius 3 is 2.61 bits per heavy atom. The molecule has 3 N–H and O–H groups in total. The lowest BCUT2D eigenvalue weighted by atomic mass is 9.93. The minimum absolute atomic E-state index is 0.133. The van der Waals surface area contributed by atoms with Crippen LogP contribution in [-0.2, 0) is 9.53 Å². The Balaban J connectivity index is 1.51. The molecule has 216 valence electrons. The van der Waals surface area contributed by atoms with Crippen LogP contribution in [0.1, 0.15) is 76.4 Å². The zero-order chi connectivity index (χ0) is 28.9. The van der Waals surface area contributed by atoms with E-state index in [0.29, 0.717) is 23.7 Å². The van der Waals surface area contributed by atoms with E-state index in [1.54, 1.807) is 6.08 Å². The largest absolute Gasteiger partial charge is 0.466 e. The van der Waals surface area contributed by atoms with Gasteiger partial charge in [0.15, 0.2) is 5.65 Å². The van der Waals surface area contributed by atoms with Crippen LogP contribution in [0.25, 0.3) is 22.3 Å². The highest BCUT2D eigenvalue weighted by molar-refractivity contribution is 6.08. The highest BCUT2D eigenvalue weighted by atomic mass is 16.5. The fourth-order valence-corrected chi connectivity index (χ4v) is 5.39. The van der Waals surface area contributed by atoms with Crippen molar-refractivity contribution in [3.8, 4) is 11.3 Å². The highest BCUT2D eigenvalue weighted by Gasteiger charge is 2.29. The molecule has 1 aliphatic heterocycles. The van der Waals surface area contributed by atoms with Gasteiger partial charge >= 0.3 is 12.0 Å². The summed E-state index contributed by atoms with van der Waals surface area (Å²) in [7, 11) is 1.32. The van der Waals surface area contributed by atoms with Crippen molar-refractivity contribution in [3.05, 3.63) is 47.7 Å². The molecule has 0 bridgehead atoms. The van der Waals surface area contributed by atoms with E-state index in [1.165, 1.54) is 7.11 Å². The van der Waals surface area contributed by atoms with Crippen LogP contribution in [0.5, 0.6) is 0 Å². The van der Waals surface area contributed by atoms with Gasteiger partial charge < -0.3 is 20.5 Å². The van der Waals surface area contributed by atoms with Gasteiger partial charge in [0.05, 0.1) is 36.3 Å². The number of unbranched alkanes of at least 4 members (excludes halogenated alkanes) is 1. The number of methoxy groups -OCH3 is 1. The van der Waals surface area contributed by atoms with Crippen molar-refractivity contribution in [2.45, 2.75) is 77.0 Å². The molecular formula is C30H37N7O4. The molecule has 2 aromatic heterocycles. The zero-order valence-corrected chi connectivity index (χ0v) is 23.8. The van der Waals surface area contributed by atoms with Gasteiger partial charge in [-0.25, -0.2) is 19.3 Å². The fraction of sp³-hybridized carbons (Fsp3) is 0.467. The maximum atomic E-state index is 12.6. The van der Waals surface area contributed by atoms with Gasteiger partial charge in [-0.1, -0.05) is 44.5 Å².